The number of carbonyl (C=O) groups excluding carboxylic acids is 1. The molecule has 1 aromatic heterocycles. The van der Waals surface area contributed by atoms with Crippen molar-refractivity contribution in [3.05, 3.63) is 46.8 Å². The van der Waals surface area contributed by atoms with Crippen molar-refractivity contribution in [1.82, 2.24) is 15.1 Å². The maximum atomic E-state index is 13.9. The van der Waals surface area contributed by atoms with Gasteiger partial charge >= 0.3 is 6.18 Å². The van der Waals surface area contributed by atoms with Crippen molar-refractivity contribution >= 4 is 23.9 Å². The van der Waals surface area contributed by atoms with Gasteiger partial charge in [-0.15, -0.1) is 0 Å². The summed E-state index contributed by atoms with van der Waals surface area (Å²) >= 11 is 0. The van der Waals surface area contributed by atoms with Gasteiger partial charge in [0.1, 0.15) is 0 Å². The number of rotatable bonds is 6. The van der Waals surface area contributed by atoms with E-state index in [1.165, 1.54) is 26.0 Å². The lowest BCUT2D eigenvalue weighted by molar-refractivity contribution is -0.299. The summed E-state index contributed by atoms with van der Waals surface area (Å²) in [6, 6.07) is 4.31. The first-order valence-corrected chi connectivity index (χ1v) is 11.2. The molecule has 0 bridgehead atoms. The maximum absolute atomic E-state index is 13.9. The van der Waals surface area contributed by atoms with E-state index in [1.807, 2.05) is 0 Å². The third-order valence-electron chi connectivity index (χ3n) is 6.77. The minimum atomic E-state index is -4.81. The first-order chi connectivity index (χ1) is 16.0. The second-order valence-corrected chi connectivity index (χ2v) is 9.47. The third kappa shape index (κ3) is 3.88. The van der Waals surface area contributed by atoms with Crippen LogP contribution in [0.4, 0.5) is 24.7 Å². The lowest BCUT2D eigenvalue weighted by Crippen LogP contribution is -2.50. The van der Waals surface area contributed by atoms with Crippen LogP contribution in [-0.2, 0) is 16.8 Å². The van der Waals surface area contributed by atoms with Crippen LogP contribution in [0.5, 0.6) is 0 Å². The van der Waals surface area contributed by atoms with E-state index in [2.05, 4.69) is 15.7 Å². The zero-order valence-electron chi connectivity index (χ0n) is 19.4. The molecule has 184 valence electrons. The molecule has 1 saturated heterocycles. The van der Waals surface area contributed by atoms with Gasteiger partial charge in [-0.05, 0) is 54.8 Å². The molecule has 1 aliphatic carbocycles. The number of halogens is 3. The number of nitrogens with zero attached hydrogens (tertiary/aromatic N) is 2. The topological polar surface area (TPSA) is 88.4 Å². The number of nitrogens with one attached hydrogen (secondary N) is 2. The minimum absolute atomic E-state index is 0.0397. The maximum Gasteiger partial charge on any atom is 0.421 e. The minimum Gasteiger partial charge on any atom is -0.394 e. The van der Waals surface area contributed by atoms with Crippen LogP contribution in [0.2, 0.25) is 0 Å². The molecule has 1 aromatic carbocycles. The van der Waals surface area contributed by atoms with Crippen molar-refractivity contribution < 1.29 is 27.8 Å². The van der Waals surface area contributed by atoms with Crippen LogP contribution in [0.25, 0.3) is 6.08 Å². The van der Waals surface area contributed by atoms with Crippen LogP contribution in [0.15, 0.2) is 24.4 Å². The van der Waals surface area contributed by atoms with Crippen molar-refractivity contribution in [3.63, 3.8) is 0 Å². The molecule has 0 spiro atoms. The molecule has 3 N–H and O–H groups in total. The van der Waals surface area contributed by atoms with E-state index in [0.29, 0.717) is 47.8 Å². The van der Waals surface area contributed by atoms with E-state index in [9.17, 15) is 23.1 Å². The smallest absolute Gasteiger partial charge is 0.394 e. The summed E-state index contributed by atoms with van der Waals surface area (Å²) in [5, 5.41) is 21.3. The Morgan fingerprint density at radius 2 is 2.09 bits per heavy atom. The van der Waals surface area contributed by atoms with E-state index < -0.39 is 17.2 Å². The summed E-state index contributed by atoms with van der Waals surface area (Å²) in [6.07, 6.45) is 1.14. The summed E-state index contributed by atoms with van der Waals surface area (Å²) in [5.41, 5.74) is -2.67. The fourth-order valence-corrected chi connectivity index (χ4v) is 5.00. The Kier molecular flexibility index (Phi) is 6.24. The fourth-order valence-electron chi connectivity index (χ4n) is 5.00. The van der Waals surface area contributed by atoms with Crippen LogP contribution in [0.3, 0.4) is 0 Å². The van der Waals surface area contributed by atoms with E-state index in [0.717, 1.165) is 12.8 Å². The van der Waals surface area contributed by atoms with Gasteiger partial charge in [-0.3, -0.25) is 9.48 Å². The summed E-state index contributed by atoms with van der Waals surface area (Å²) in [4.78, 5) is 12.0. The van der Waals surface area contributed by atoms with Gasteiger partial charge in [0, 0.05) is 24.8 Å². The summed E-state index contributed by atoms with van der Waals surface area (Å²) in [5.74, 6) is 0.305. The van der Waals surface area contributed by atoms with Gasteiger partial charge in [-0.1, -0.05) is 19.9 Å². The van der Waals surface area contributed by atoms with E-state index in [4.69, 9.17) is 4.74 Å². The highest BCUT2D eigenvalue weighted by Gasteiger charge is 2.66. The van der Waals surface area contributed by atoms with Crippen LogP contribution < -0.4 is 10.6 Å². The number of ether oxygens (including phenoxy) is 1. The molecule has 34 heavy (non-hydrogen) atoms. The second-order valence-electron chi connectivity index (χ2n) is 9.47. The second kappa shape index (κ2) is 8.74. The molecule has 7 nitrogen and oxygen atoms in total. The molecular weight excluding hydrogens is 449 g/mol. The quantitative estimate of drug-likeness (QED) is 0.537. The number of carbonyl (C=O) groups is 1. The van der Waals surface area contributed by atoms with Gasteiger partial charge in [-0.25, -0.2) is 0 Å². The molecule has 0 saturated carbocycles. The lowest BCUT2D eigenvalue weighted by atomic mass is 9.75. The largest absolute Gasteiger partial charge is 0.421 e. The molecule has 2 aliphatic rings. The number of alkyl halides is 3. The number of fused-ring (bicyclic) bond motifs is 1. The molecule has 2 heterocycles. The van der Waals surface area contributed by atoms with E-state index in [1.54, 1.807) is 30.1 Å². The monoisotopic (exact) mass is 478 g/mol. The number of benzene rings is 1. The van der Waals surface area contributed by atoms with Crippen molar-refractivity contribution in [1.29, 1.82) is 0 Å². The number of hydrogen-bond acceptors (Lipinski definition) is 6. The zero-order chi connectivity index (χ0) is 24.7. The highest BCUT2D eigenvalue weighted by Crippen LogP contribution is 2.58. The molecule has 0 amide bonds. The SMILES string of the molecule is CN/C=C\c1c(C=O)c(Nc2ccc3c(c2)CC(C)(C)C3(O)C(F)(F)F)nn1C1CCCOC1. The van der Waals surface area contributed by atoms with Crippen molar-refractivity contribution in [2.24, 2.45) is 5.41 Å². The van der Waals surface area contributed by atoms with Crippen molar-refractivity contribution in [2.45, 2.75) is 50.9 Å². The molecule has 2 aromatic rings. The third-order valence-corrected chi connectivity index (χ3v) is 6.77. The molecule has 4 rings (SSSR count). The molecule has 1 fully saturated rings. The Bertz CT molecular complexity index is 1100. The average molecular weight is 479 g/mol. The Balaban J connectivity index is 1.72. The van der Waals surface area contributed by atoms with Gasteiger partial charge in [-0.2, -0.15) is 18.3 Å². The fraction of sp³-hybridized carbons (Fsp3) is 0.500. The highest BCUT2D eigenvalue weighted by molar-refractivity contribution is 5.89. The highest BCUT2D eigenvalue weighted by atomic mass is 19.4. The van der Waals surface area contributed by atoms with Crippen molar-refractivity contribution in [3.8, 4) is 0 Å². The standard InChI is InChI=1S/C24H29F3N4O3/c1-22(2)12-15-11-16(6-7-19(15)23(22,33)24(25,26)27)29-21-18(13-32)20(8-9-28-3)31(30-21)17-5-4-10-34-14-17/h6-9,11,13,17,28,33H,4-5,10,12,14H2,1-3H3,(H,29,30)/b9-8-. The van der Waals surface area contributed by atoms with Crippen LogP contribution in [0.1, 0.15) is 59.9 Å². The van der Waals surface area contributed by atoms with Crippen LogP contribution >= 0.6 is 0 Å². The molecule has 2 unspecified atom stereocenters. The predicted octanol–water partition coefficient (Wildman–Crippen LogP) is 4.31. The number of aldehydes is 1. The van der Waals surface area contributed by atoms with E-state index >= 15 is 0 Å². The first kappa shape index (κ1) is 24.3. The molecule has 10 heteroatoms. The van der Waals surface area contributed by atoms with Gasteiger partial charge in [0.25, 0.3) is 0 Å². The summed E-state index contributed by atoms with van der Waals surface area (Å²) in [6.45, 7) is 3.98. The Labute approximate surface area is 196 Å². The summed E-state index contributed by atoms with van der Waals surface area (Å²) < 4.78 is 48.9. The lowest BCUT2D eigenvalue weighted by Gasteiger charge is -2.38. The van der Waals surface area contributed by atoms with Crippen LogP contribution in [0, 0.1) is 5.41 Å². The van der Waals surface area contributed by atoms with Gasteiger partial charge < -0.3 is 20.5 Å². The molecule has 1 aliphatic heterocycles. The van der Waals surface area contributed by atoms with Gasteiger partial charge in [0.2, 0.25) is 0 Å². The van der Waals surface area contributed by atoms with E-state index in [-0.39, 0.29) is 18.0 Å². The number of anilines is 2. The molecule has 0 radical (unpaired) electrons. The number of aliphatic hydroxyl groups is 1. The Morgan fingerprint density at radius 3 is 2.71 bits per heavy atom. The van der Waals surface area contributed by atoms with Gasteiger partial charge in [0.15, 0.2) is 17.7 Å². The molecular formula is C24H29F3N4O3. The number of aromatic nitrogens is 2. The van der Waals surface area contributed by atoms with Crippen molar-refractivity contribution in [2.75, 3.05) is 25.6 Å². The number of hydrogen-bond donors (Lipinski definition) is 3. The Morgan fingerprint density at radius 1 is 1.32 bits per heavy atom. The Hall–Kier alpha value is -2.85. The predicted molar refractivity (Wildman–Crippen MR) is 122 cm³/mol. The molecule has 2 atom stereocenters. The van der Waals surface area contributed by atoms with Crippen LogP contribution in [-0.4, -0.2) is 47.6 Å². The zero-order valence-corrected chi connectivity index (χ0v) is 19.4. The normalized spacial score (nSPS) is 24.3. The summed E-state index contributed by atoms with van der Waals surface area (Å²) in [7, 11) is 1.74. The first-order valence-electron chi connectivity index (χ1n) is 11.2. The van der Waals surface area contributed by atoms with Gasteiger partial charge in [0.05, 0.1) is 23.9 Å². The average Bonchev–Trinajstić information content (AvgIpc) is 3.23.